The van der Waals surface area contributed by atoms with Crippen molar-refractivity contribution in [3.8, 4) is 11.1 Å². The van der Waals surface area contributed by atoms with Gasteiger partial charge in [-0.1, -0.05) is 30.3 Å². The molecule has 3 rings (SSSR count). The Kier molecular flexibility index (Phi) is 5.22. The standard InChI is InChI=1S/C22H25NO4/c1-22(2,3)27-21(26)23-12-6-11-19(23)17-9-4-7-15(13-17)16-8-5-10-18(14-16)20(24)25/h4-5,7-10,13-14,19H,6,11-12H2,1-3H3,(H,24,25)/t19-/m0/s1. The van der Waals surface area contributed by atoms with E-state index in [0.717, 1.165) is 29.5 Å². The van der Waals surface area contributed by atoms with Gasteiger partial charge in [0, 0.05) is 6.54 Å². The van der Waals surface area contributed by atoms with Gasteiger partial charge in [-0.3, -0.25) is 0 Å². The molecule has 2 aromatic carbocycles. The van der Waals surface area contributed by atoms with Crippen LogP contribution in [0.25, 0.3) is 11.1 Å². The minimum absolute atomic E-state index is 0.0255. The van der Waals surface area contributed by atoms with Gasteiger partial charge in [0.1, 0.15) is 5.60 Å². The molecule has 5 nitrogen and oxygen atoms in total. The Morgan fingerprint density at radius 2 is 1.74 bits per heavy atom. The maximum absolute atomic E-state index is 12.6. The number of benzene rings is 2. The van der Waals surface area contributed by atoms with Crippen LogP contribution in [0.3, 0.4) is 0 Å². The van der Waals surface area contributed by atoms with Gasteiger partial charge in [-0.25, -0.2) is 9.59 Å². The summed E-state index contributed by atoms with van der Waals surface area (Å²) in [6.45, 7) is 6.28. The van der Waals surface area contributed by atoms with E-state index >= 15 is 0 Å². The number of carboxylic acid groups (broad SMARTS) is 1. The fourth-order valence-electron chi connectivity index (χ4n) is 3.41. The average Bonchev–Trinajstić information content (AvgIpc) is 3.10. The third kappa shape index (κ3) is 4.48. The van der Waals surface area contributed by atoms with Crippen molar-refractivity contribution >= 4 is 12.1 Å². The largest absolute Gasteiger partial charge is 0.478 e. The van der Waals surface area contributed by atoms with Crippen molar-refractivity contribution < 1.29 is 19.4 Å². The second-order valence-corrected chi connectivity index (χ2v) is 7.84. The van der Waals surface area contributed by atoms with Crippen molar-refractivity contribution in [1.29, 1.82) is 0 Å². The van der Waals surface area contributed by atoms with Gasteiger partial charge >= 0.3 is 12.1 Å². The molecule has 142 valence electrons. The summed E-state index contributed by atoms with van der Waals surface area (Å²) >= 11 is 0. The molecule has 1 heterocycles. The lowest BCUT2D eigenvalue weighted by molar-refractivity contribution is 0.0224. The molecular weight excluding hydrogens is 342 g/mol. The number of amides is 1. The summed E-state index contributed by atoms with van der Waals surface area (Å²) in [7, 11) is 0. The average molecular weight is 367 g/mol. The van der Waals surface area contributed by atoms with Crippen LogP contribution in [0.5, 0.6) is 0 Å². The number of aromatic carboxylic acids is 1. The molecule has 0 saturated carbocycles. The van der Waals surface area contributed by atoms with Crippen molar-refractivity contribution in [3.63, 3.8) is 0 Å². The molecule has 0 bridgehead atoms. The number of hydrogen-bond acceptors (Lipinski definition) is 3. The third-order valence-electron chi connectivity index (χ3n) is 4.60. The highest BCUT2D eigenvalue weighted by Crippen LogP contribution is 2.35. The predicted molar refractivity (Wildman–Crippen MR) is 104 cm³/mol. The highest BCUT2D eigenvalue weighted by molar-refractivity contribution is 5.89. The Morgan fingerprint density at radius 3 is 2.41 bits per heavy atom. The Balaban J connectivity index is 1.87. The Morgan fingerprint density at radius 1 is 1.07 bits per heavy atom. The quantitative estimate of drug-likeness (QED) is 0.817. The molecule has 1 aliphatic rings. The van der Waals surface area contributed by atoms with Gasteiger partial charge < -0.3 is 14.7 Å². The highest BCUT2D eigenvalue weighted by atomic mass is 16.6. The Labute approximate surface area is 159 Å². The molecule has 1 saturated heterocycles. The van der Waals surface area contributed by atoms with Gasteiger partial charge in [-0.05, 0) is 68.5 Å². The molecule has 1 aliphatic heterocycles. The highest BCUT2D eigenvalue weighted by Gasteiger charge is 2.33. The van der Waals surface area contributed by atoms with E-state index < -0.39 is 11.6 Å². The lowest BCUT2D eigenvalue weighted by Gasteiger charge is -2.29. The van der Waals surface area contributed by atoms with Gasteiger partial charge in [-0.2, -0.15) is 0 Å². The lowest BCUT2D eigenvalue weighted by Crippen LogP contribution is -2.36. The van der Waals surface area contributed by atoms with Crippen LogP contribution in [0.15, 0.2) is 48.5 Å². The van der Waals surface area contributed by atoms with E-state index in [9.17, 15) is 14.7 Å². The number of carbonyl (C=O) groups excluding carboxylic acids is 1. The molecular formula is C22H25NO4. The summed E-state index contributed by atoms with van der Waals surface area (Å²) in [5.74, 6) is -0.945. The van der Waals surface area contributed by atoms with E-state index in [4.69, 9.17) is 4.74 Å². The number of hydrogen-bond donors (Lipinski definition) is 1. The van der Waals surface area contributed by atoms with Crippen LogP contribution >= 0.6 is 0 Å². The van der Waals surface area contributed by atoms with Crippen LogP contribution in [0.2, 0.25) is 0 Å². The second-order valence-electron chi connectivity index (χ2n) is 7.84. The molecule has 0 unspecified atom stereocenters. The molecule has 1 atom stereocenters. The number of carbonyl (C=O) groups is 2. The molecule has 0 aromatic heterocycles. The summed E-state index contributed by atoms with van der Waals surface area (Å²) in [5.41, 5.74) is 2.56. The van der Waals surface area contributed by atoms with Crippen LogP contribution in [0, 0.1) is 0 Å². The van der Waals surface area contributed by atoms with E-state index in [-0.39, 0.29) is 17.7 Å². The third-order valence-corrected chi connectivity index (χ3v) is 4.60. The van der Waals surface area contributed by atoms with Crippen LogP contribution in [0.1, 0.15) is 55.6 Å². The maximum Gasteiger partial charge on any atom is 0.410 e. The smallest absolute Gasteiger partial charge is 0.410 e. The zero-order chi connectivity index (χ0) is 19.6. The first kappa shape index (κ1) is 19.0. The first-order valence-electron chi connectivity index (χ1n) is 9.18. The van der Waals surface area contributed by atoms with Crippen LogP contribution in [-0.2, 0) is 4.74 Å². The lowest BCUT2D eigenvalue weighted by atomic mass is 9.97. The van der Waals surface area contributed by atoms with Gasteiger partial charge in [-0.15, -0.1) is 0 Å². The second kappa shape index (κ2) is 7.43. The van der Waals surface area contributed by atoms with Crippen molar-refractivity contribution in [1.82, 2.24) is 4.90 Å². The fraction of sp³-hybridized carbons (Fsp3) is 0.364. The summed E-state index contributed by atoms with van der Waals surface area (Å²) in [6.07, 6.45) is 1.53. The molecule has 1 amide bonds. The monoisotopic (exact) mass is 367 g/mol. The maximum atomic E-state index is 12.6. The molecule has 1 N–H and O–H groups in total. The van der Waals surface area contributed by atoms with E-state index in [1.807, 2.05) is 51.1 Å². The van der Waals surface area contributed by atoms with E-state index in [2.05, 4.69) is 0 Å². The van der Waals surface area contributed by atoms with Crippen molar-refractivity contribution in [3.05, 3.63) is 59.7 Å². The van der Waals surface area contributed by atoms with Crippen molar-refractivity contribution in [2.75, 3.05) is 6.54 Å². The summed E-state index contributed by atoms with van der Waals surface area (Å²) in [4.78, 5) is 25.6. The van der Waals surface area contributed by atoms with Crippen LogP contribution < -0.4 is 0 Å². The first-order valence-corrected chi connectivity index (χ1v) is 9.18. The first-order chi connectivity index (χ1) is 12.7. The summed E-state index contributed by atoms with van der Waals surface area (Å²) < 4.78 is 5.55. The molecule has 1 fully saturated rings. The molecule has 0 aliphatic carbocycles. The number of ether oxygens (including phenoxy) is 1. The van der Waals surface area contributed by atoms with Crippen LogP contribution in [0.4, 0.5) is 4.79 Å². The molecule has 0 spiro atoms. The zero-order valence-corrected chi connectivity index (χ0v) is 15.9. The summed E-state index contributed by atoms with van der Waals surface area (Å²) in [5, 5.41) is 9.21. The molecule has 5 heteroatoms. The normalized spacial score (nSPS) is 17.0. The minimum atomic E-state index is -0.945. The Hall–Kier alpha value is -2.82. The predicted octanol–water partition coefficient (Wildman–Crippen LogP) is 5.12. The van der Waals surface area contributed by atoms with E-state index in [1.54, 1.807) is 23.1 Å². The zero-order valence-electron chi connectivity index (χ0n) is 15.9. The SMILES string of the molecule is CC(C)(C)OC(=O)N1CCC[C@H]1c1cccc(-c2cccc(C(=O)O)c2)c1. The molecule has 27 heavy (non-hydrogen) atoms. The van der Waals surface area contributed by atoms with Crippen molar-refractivity contribution in [2.24, 2.45) is 0 Å². The fourth-order valence-corrected chi connectivity index (χ4v) is 3.41. The van der Waals surface area contributed by atoms with Crippen molar-refractivity contribution in [2.45, 2.75) is 45.3 Å². The van der Waals surface area contributed by atoms with Crippen LogP contribution in [-0.4, -0.2) is 34.2 Å². The summed E-state index contributed by atoms with van der Waals surface area (Å²) in [6, 6.07) is 14.8. The van der Waals surface area contributed by atoms with Gasteiger partial charge in [0.15, 0.2) is 0 Å². The minimum Gasteiger partial charge on any atom is -0.478 e. The molecule has 0 radical (unpaired) electrons. The van der Waals surface area contributed by atoms with E-state index in [1.165, 1.54) is 0 Å². The number of carboxylic acids is 1. The van der Waals surface area contributed by atoms with Gasteiger partial charge in [0.2, 0.25) is 0 Å². The number of nitrogens with zero attached hydrogens (tertiary/aromatic N) is 1. The molecule has 2 aromatic rings. The number of rotatable bonds is 3. The van der Waals surface area contributed by atoms with E-state index in [0.29, 0.717) is 6.54 Å². The topological polar surface area (TPSA) is 66.8 Å². The van der Waals surface area contributed by atoms with Gasteiger partial charge in [0.05, 0.1) is 11.6 Å². The van der Waals surface area contributed by atoms with Gasteiger partial charge in [0.25, 0.3) is 0 Å². The Bertz CT molecular complexity index is 853. The number of likely N-dealkylation sites (tertiary alicyclic amines) is 1.